The Balaban J connectivity index is 2.45. The van der Waals surface area contributed by atoms with Crippen LogP contribution in [0.1, 0.15) is 5.56 Å². The maximum Gasteiger partial charge on any atom is 0.335 e. The van der Waals surface area contributed by atoms with Gasteiger partial charge in [0, 0.05) is 18.5 Å². The fourth-order valence-corrected chi connectivity index (χ4v) is 1.60. The molecule has 4 heteroatoms. The molecule has 0 aliphatic rings. The molecule has 0 unspecified atom stereocenters. The first kappa shape index (κ1) is 11.1. The van der Waals surface area contributed by atoms with Crippen molar-refractivity contribution < 1.29 is 0 Å². The second-order valence-electron chi connectivity index (χ2n) is 3.60. The summed E-state index contributed by atoms with van der Waals surface area (Å²) in [6.45, 7) is 3.89. The summed E-state index contributed by atoms with van der Waals surface area (Å²) in [5, 5.41) is 0. The van der Waals surface area contributed by atoms with E-state index < -0.39 is 0 Å². The molecule has 0 atom stereocenters. The van der Waals surface area contributed by atoms with Crippen LogP contribution in [0.5, 0.6) is 0 Å². The van der Waals surface area contributed by atoms with Crippen LogP contribution in [-0.2, 0) is 6.54 Å². The predicted octanol–water partition coefficient (Wildman–Crippen LogP) is 1.16. The van der Waals surface area contributed by atoms with Crippen molar-refractivity contribution in [1.82, 2.24) is 9.13 Å². The van der Waals surface area contributed by atoms with E-state index in [-0.39, 0.29) is 11.2 Å². The van der Waals surface area contributed by atoms with Crippen LogP contribution in [0.3, 0.4) is 0 Å². The first-order chi connectivity index (χ1) is 8.22. The van der Waals surface area contributed by atoms with E-state index in [1.165, 1.54) is 23.0 Å². The highest BCUT2D eigenvalue weighted by molar-refractivity contribution is 5.17. The minimum atomic E-state index is -0.378. The maximum absolute atomic E-state index is 11.9. The van der Waals surface area contributed by atoms with Crippen LogP contribution in [0.15, 0.2) is 58.8 Å². The lowest BCUT2D eigenvalue weighted by Crippen LogP contribution is -2.36. The zero-order valence-electron chi connectivity index (χ0n) is 9.24. The first-order valence-electron chi connectivity index (χ1n) is 5.21. The fourth-order valence-electron chi connectivity index (χ4n) is 1.60. The summed E-state index contributed by atoms with van der Waals surface area (Å²) < 4.78 is 2.46. The summed E-state index contributed by atoms with van der Waals surface area (Å²) >= 11 is 0. The van der Waals surface area contributed by atoms with Gasteiger partial charge in [-0.1, -0.05) is 36.9 Å². The second kappa shape index (κ2) is 4.65. The summed E-state index contributed by atoms with van der Waals surface area (Å²) in [5.41, 5.74) is 0.259. The zero-order valence-corrected chi connectivity index (χ0v) is 9.24. The van der Waals surface area contributed by atoms with Gasteiger partial charge < -0.3 is 0 Å². The van der Waals surface area contributed by atoms with E-state index >= 15 is 0 Å². The van der Waals surface area contributed by atoms with Crippen LogP contribution in [0.2, 0.25) is 0 Å². The van der Waals surface area contributed by atoms with E-state index in [2.05, 4.69) is 6.58 Å². The van der Waals surface area contributed by atoms with E-state index in [4.69, 9.17) is 0 Å². The summed E-state index contributed by atoms with van der Waals surface area (Å²) in [6.07, 6.45) is 2.73. The van der Waals surface area contributed by atoms with Crippen molar-refractivity contribution in [2.75, 3.05) is 0 Å². The highest BCUT2D eigenvalue weighted by atomic mass is 16.2. The lowest BCUT2D eigenvalue weighted by Gasteiger charge is -2.06. The minimum Gasteiger partial charge on any atom is -0.296 e. The SMILES string of the molecule is C=Cn1c(=O)ccn(Cc2ccccc2)c1=O. The number of nitrogens with zero attached hydrogens (tertiary/aromatic N) is 2. The van der Waals surface area contributed by atoms with Gasteiger partial charge in [-0.2, -0.15) is 0 Å². The molecular weight excluding hydrogens is 216 g/mol. The van der Waals surface area contributed by atoms with Gasteiger partial charge in [0.1, 0.15) is 0 Å². The van der Waals surface area contributed by atoms with Crippen LogP contribution in [0.4, 0.5) is 0 Å². The average Bonchev–Trinajstić information content (AvgIpc) is 2.35. The van der Waals surface area contributed by atoms with Gasteiger partial charge in [-0.05, 0) is 5.56 Å². The number of hydrogen-bond donors (Lipinski definition) is 0. The topological polar surface area (TPSA) is 44.0 Å². The Morgan fingerprint density at radius 2 is 1.82 bits per heavy atom. The lowest BCUT2D eigenvalue weighted by atomic mass is 10.2. The van der Waals surface area contributed by atoms with E-state index in [1.807, 2.05) is 30.3 Å². The third-order valence-corrected chi connectivity index (χ3v) is 2.46. The van der Waals surface area contributed by atoms with Crippen LogP contribution in [0.25, 0.3) is 6.20 Å². The molecule has 0 fully saturated rings. The minimum absolute atomic E-state index is 0.366. The highest BCUT2D eigenvalue weighted by Crippen LogP contribution is 1.99. The Morgan fingerprint density at radius 1 is 1.12 bits per heavy atom. The van der Waals surface area contributed by atoms with Gasteiger partial charge in [0.2, 0.25) is 0 Å². The van der Waals surface area contributed by atoms with Gasteiger partial charge in [-0.15, -0.1) is 0 Å². The van der Waals surface area contributed by atoms with Crippen molar-refractivity contribution in [3.05, 3.63) is 75.6 Å². The molecule has 86 valence electrons. The smallest absolute Gasteiger partial charge is 0.296 e. The van der Waals surface area contributed by atoms with Gasteiger partial charge in [0.05, 0.1) is 6.54 Å². The molecule has 0 bridgehead atoms. The zero-order chi connectivity index (χ0) is 12.3. The summed E-state index contributed by atoms with van der Waals surface area (Å²) in [6, 6.07) is 10.9. The summed E-state index contributed by atoms with van der Waals surface area (Å²) in [5.74, 6) is 0. The third kappa shape index (κ3) is 2.25. The molecule has 2 rings (SSSR count). The molecule has 4 nitrogen and oxygen atoms in total. The second-order valence-corrected chi connectivity index (χ2v) is 3.60. The quantitative estimate of drug-likeness (QED) is 0.791. The van der Waals surface area contributed by atoms with Crippen LogP contribution in [0, 0.1) is 0 Å². The van der Waals surface area contributed by atoms with Crippen LogP contribution < -0.4 is 11.2 Å². The Labute approximate surface area is 98.1 Å². The molecule has 0 saturated heterocycles. The van der Waals surface area contributed by atoms with E-state index in [0.717, 1.165) is 10.1 Å². The van der Waals surface area contributed by atoms with Gasteiger partial charge in [0.25, 0.3) is 5.56 Å². The molecule has 0 N–H and O–H groups in total. The summed E-state index contributed by atoms with van der Waals surface area (Å²) in [4.78, 5) is 23.2. The van der Waals surface area contributed by atoms with Crippen LogP contribution in [-0.4, -0.2) is 9.13 Å². The number of hydrogen-bond acceptors (Lipinski definition) is 2. The average molecular weight is 228 g/mol. The molecule has 0 radical (unpaired) electrons. The van der Waals surface area contributed by atoms with Crippen molar-refractivity contribution in [3.8, 4) is 0 Å². The monoisotopic (exact) mass is 228 g/mol. The Bertz CT molecular complexity index is 638. The van der Waals surface area contributed by atoms with Gasteiger partial charge in [-0.3, -0.25) is 9.36 Å². The van der Waals surface area contributed by atoms with Crippen molar-refractivity contribution in [3.63, 3.8) is 0 Å². The molecule has 0 amide bonds. The molecule has 0 spiro atoms. The fraction of sp³-hybridized carbons (Fsp3) is 0.0769. The lowest BCUT2D eigenvalue weighted by molar-refractivity contribution is 0.693. The van der Waals surface area contributed by atoms with Crippen molar-refractivity contribution in [2.24, 2.45) is 0 Å². The molecule has 17 heavy (non-hydrogen) atoms. The van der Waals surface area contributed by atoms with Crippen molar-refractivity contribution in [1.29, 1.82) is 0 Å². The molecular formula is C13H12N2O2. The Hall–Kier alpha value is -2.36. The highest BCUT2D eigenvalue weighted by Gasteiger charge is 2.02. The molecule has 1 aromatic carbocycles. The van der Waals surface area contributed by atoms with Gasteiger partial charge in [-0.25, -0.2) is 9.36 Å². The van der Waals surface area contributed by atoms with E-state index in [1.54, 1.807) is 0 Å². The molecule has 0 saturated carbocycles. The number of rotatable bonds is 3. The largest absolute Gasteiger partial charge is 0.335 e. The van der Waals surface area contributed by atoms with Gasteiger partial charge in [0.15, 0.2) is 0 Å². The first-order valence-corrected chi connectivity index (χ1v) is 5.21. The third-order valence-electron chi connectivity index (χ3n) is 2.46. The normalized spacial score (nSPS) is 10.1. The predicted molar refractivity (Wildman–Crippen MR) is 66.9 cm³/mol. The molecule has 2 aromatic rings. The van der Waals surface area contributed by atoms with Gasteiger partial charge >= 0.3 is 5.69 Å². The Kier molecular flexibility index (Phi) is 3.05. The molecule has 1 aromatic heterocycles. The van der Waals surface area contributed by atoms with E-state index in [0.29, 0.717) is 6.54 Å². The number of benzene rings is 1. The molecule has 1 heterocycles. The maximum atomic E-state index is 11.9. The van der Waals surface area contributed by atoms with E-state index in [9.17, 15) is 9.59 Å². The molecule has 0 aliphatic heterocycles. The molecule has 0 aliphatic carbocycles. The summed E-state index contributed by atoms with van der Waals surface area (Å²) in [7, 11) is 0. The van der Waals surface area contributed by atoms with Crippen molar-refractivity contribution >= 4 is 6.20 Å². The standard InChI is InChI=1S/C13H12N2O2/c1-2-15-12(16)8-9-14(13(15)17)10-11-6-4-3-5-7-11/h2-9H,1,10H2. The van der Waals surface area contributed by atoms with Crippen molar-refractivity contribution in [2.45, 2.75) is 6.54 Å². The Morgan fingerprint density at radius 3 is 2.47 bits per heavy atom. The number of aromatic nitrogens is 2. The van der Waals surface area contributed by atoms with Crippen LogP contribution >= 0.6 is 0 Å².